The van der Waals surface area contributed by atoms with E-state index in [0.29, 0.717) is 12.2 Å². The molecule has 0 spiro atoms. The average Bonchev–Trinajstić information content (AvgIpc) is 2.79. The van der Waals surface area contributed by atoms with Gasteiger partial charge in [0.15, 0.2) is 11.6 Å². The highest BCUT2D eigenvalue weighted by Gasteiger charge is 2.07. The number of benzene rings is 1. The molecule has 0 amide bonds. The molecule has 0 bridgehead atoms. The van der Waals surface area contributed by atoms with Crippen LogP contribution in [0.2, 0.25) is 0 Å². The molecule has 0 aliphatic carbocycles. The van der Waals surface area contributed by atoms with Crippen LogP contribution in [0.5, 0.6) is 0 Å². The van der Waals surface area contributed by atoms with Crippen molar-refractivity contribution < 1.29 is 18.7 Å². The molecule has 18 heavy (non-hydrogen) atoms. The first-order valence-electron chi connectivity index (χ1n) is 5.07. The highest BCUT2D eigenvalue weighted by molar-refractivity contribution is 7.13. The van der Waals surface area contributed by atoms with Crippen LogP contribution < -0.4 is 5.32 Å². The van der Waals surface area contributed by atoms with E-state index >= 15 is 0 Å². The molecular formula is C12H9F2NO2S. The van der Waals surface area contributed by atoms with Crippen molar-refractivity contribution in [2.75, 3.05) is 5.32 Å². The number of nitrogens with one attached hydrogen (secondary N) is 1. The Bertz CT molecular complexity index is 583. The number of rotatable bonds is 4. The minimum Gasteiger partial charge on any atom is -0.477 e. The molecule has 0 aliphatic rings. The number of hydrogen-bond acceptors (Lipinski definition) is 3. The van der Waals surface area contributed by atoms with E-state index in [2.05, 4.69) is 5.32 Å². The van der Waals surface area contributed by atoms with Crippen molar-refractivity contribution in [2.45, 2.75) is 6.54 Å². The van der Waals surface area contributed by atoms with E-state index in [1.807, 2.05) is 0 Å². The fraction of sp³-hybridized carbons (Fsp3) is 0.0833. The summed E-state index contributed by atoms with van der Waals surface area (Å²) in [5, 5.41) is 11.6. The van der Waals surface area contributed by atoms with Gasteiger partial charge >= 0.3 is 5.97 Å². The van der Waals surface area contributed by atoms with Crippen molar-refractivity contribution in [1.29, 1.82) is 0 Å². The highest BCUT2D eigenvalue weighted by Crippen LogP contribution is 2.19. The van der Waals surface area contributed by atoms with Crippen molar-refractivity contribution >= 4 is 23.0 Å². The SMILES string of the molecule is O=C(O)c1ccc(CNc2ccc(F)c(F)c2)s1. The van der Waals surface area contributed by atoms with Gasteiger partial charge in [-0.2, -0.15) is 0 Å². The van der Waals surface area contributed by atoms with Crippen molar-refractivity contribution in [1.82, 2.24) is 0 Å². The summed E-state index contributed by atoms with van der Waals surface area (Å²) in [7, 11) is 0. The minimum atomic E-state index is -0.973. The molecule has 94 valence electrons. The summed E-state index contributed by atoms with van der Waals surface area (Å²) in [5.74, 6) is -2.79. The van der Waals surface area contributed by atoms with Gasteiger partial charge in [-0.05, 0) is 24.3 Å². The number of carbonyl (C=O) groups is 1. The number of thiophene rings is 1. The van der Waals surface area contributed by atoms with Crippen LogP contribution in [0.4, 0.5) is 14.5 Å². The number of hydrogen-bond donors (Lipinski definition) is 2. The lowest BCUT2D eigenvalue weighted by Gasteiger charge is -2.04. The average molecular weight is 269 g/mol. The molecule has 0 radical (unpaired) electrons. The summed E-state index contributed by atoms with van der Waals surface area (Å²) in [6, 6.07) is 6.70. The second kappa shape index (κ2) is 5.14. The zero-order valence-corrected chi connectivity index (χ0v) is 9.93. The molecule has 2 N–H and O–H groups in total. The predicted molar refractivity (Wildman–Crippen MR) is 65.0 cm³/mol. The maximum atomic E-state index is 12.9. The van der Waals surface area contributed by atoms with Crippen molar-refractivity contribution in [3.8, 4) is 0 Å². The van der Waals surface area contributed by atoms with Crippen LogP contribution in [0.25, 0.3) is 0 Å². The van der Waals surface area contributed by atoms with Gasteiger partial charge in [0.25, 0.3) is 0 Å². The molecule has 1 aromatic heterocycles. The predicted octanol–water partition coefficient (Wildman–Crippen LogP) is 3.34. The zero-order valence-electron chi connectivity index (χ0n) is 9.11. The highest BCUT2D eigenvalue weighted by atomic mass is 32.1. The van der Waals surface area contributed by atoms with Crippen LogP contribution in [0.3, 0.4) is 0 Å². The molecule has 6 heteroatoms. The van der Waals surface area contributed by atoms with E-state index < -0.39 is 17.6 Å². The van der Waals surface area contributed by atoms with Crippen LogP contribution in [0.1, 0.15) is 14.5 Å². The maximum Gasteiger partial charge on any atom is 0.345 e. The summed E-state index contributed by atoms with van der Waals surface area (Å²) in [4.78, 5) is 11.7. The van der Waals surface area contributed by atoms with Gasteiger partial charge in [-0.15, -0.1) is 11.3 Å². The van der Waals surface area contributed by atoms with Crippen molar-refractivity contribution in [2.24, 2.45) is 0 Å². The molecule has 2 rings (SSSR count). The smallest absolute Gasteiger partial charge is 0.345 e. The largest absolute Gasteiger partial charge is 0.477 e. The van der Waals surface area contributed by atoms with Gasteiger partial charge in [0, 0.05) is 23.2 Å². The lowest BCUT2D eigenvalue weighted by Crippen LogP contribution is -1.98. The third-order valence-corrected chi connectivity index (χ3v) is 3.33. The Morgan fingerprint density at radius 1 is 1.22 bits per heavy atom. The summed E-state index contributed by atoms with van der Waals surface area (Å²) in [5.41, 5.74) is 0.444. The number of carboxylic acids is 1. The Balaban J connectivity index is 2.02. The lowest BCUT2D eigenvalue weighted by molar-refractivity contribution is 0.0702. The third-order valence-electron chi connectivity index (χ3n) is 2.26. The van der Waals surface area contributed by atoms with Gasteiger partial charge < -0.3 is 10.4 Å². The monoisotopic (exact) mass is 269 g/mol. The molecule has 0 atom stereocenters. The fourth-order valence-electron chi connectivity index (χ4n) is 1.38. The Morgan fingerprint density at radius 3 is 2.61 bits per heavy atom. The summed E-state index contributed by atoms with van der Waals surface area (Å²) < 4.78 is 25.6. The van der Waals surface area contributed by atoms with Gasteiger partial charge in [0.05, 0.1) is 0 Å². The Morgan fingerprint density at radius 2 is 2.00 bits per heavy atom. The van der Waals surface area contributed by atoms with Crippen LogP contribution >= 0.6 is 11.3 Å². The van der Waals surface area contributed by atoms with E-state index in [1.54, 1.807) is 6.07 Å². The summed E-state index contributed by atoms with van der Waals surface area (Å²) >= 11 is 1.14. The zero-order chi connectivity index (χ0) is 13.1. The quantitative estimate of drug-likeness (QED) is 0.895. The molecule has 0 saturated heterocycles. The molecule has 0 unspecified atom stereocenters. The molecule has 3 nitrogen and oxygen atoms in total. The van der Waals surface area contributed by atoms with E-state index in [0.717, 1.165) is 28.3 Å². The van der Waals surface area contributed by atoms with Crippen LogP contribution in [-0.2, 0) is 6.54 Å². The first-order chi connectivity index (χ1) is 8.56. The van der Waals surface area contributed by atoms with Crippen molar-refractivity contribution in [3.63, 3.8) is 0 Å². The molecule has 2 aromatic rings. The Kier molecular flexibility index (Phi) is 3.57. The third kappa shape index (κ3) is 2.84. The van der Waals surface area contributed by atoms with Crippen LogP contribution in [0, 0.1) is 11.6 Å². The van der Waals surface area contributed by atoms with E-state index in [4.69, 9.17) is 5.11 Å². The summed E-state index contributed by atoms with van der Waals surface area (Å²) in [6.45, 7) is 0.364. The van der Waals surface area contributed by atoms with Gasteiger partial charge in [-0.25, -0.2) is 13.6 Å². The van der Waals surface area contributed by atoms with Gasteiger partial charge in [-0.1, -0.05) is 0 Å². The van der Waals surface area contributed by atoms with Crippen LogP contribution in [0.15, 0.2) is 30.3 Å². The molecular weight excluding hydrogens is 260 g/mol. The standard InChI is InChI=1S/C12H9F2NO2S/c13-9-3-1-7(5-10(9)14)15-6-8-2-4-11(18-8)12(16)17/h1-5,15H,6H2,(H,16,17). The van der Waals surface area contributed by atoms with E-state index in [1.165, 1.54) is 12.1 Å². The lowest BCUT2D eigenvalue weighted by atomic mass is 10.3. The topological polar surface area (TPSA) is 49.3 Å². The van der Waals surface area contributed by atoms with Crippen molar-refractivity contribution in [3.05, 3.63) is 51.7 Å². The van der Waals surface area contributed by atoms with Crippen LogP contribution in [-0.4, -0.2) is 11.1 Å². The second-order valence-electron chi connectivity index (χ2n) is 3.55. The maximum absolute atomic E-state index is 12.9. The van der Waals surface area contributed by atoms with Gasteiger partial charge in [0.2, 0.25) is 0 Å². The number of anilines is 1. The van der Waals surface area contributed by atoms with Gasteiger partial charge in [-0.3, -0.25) is 0 Å². The summed E-state index contributed by atoms with van der Waals surface area (Å²) in [6.07, 6.45) is 0. The Hall–Kier alpha value is -1.95. The molecule has 0 aliphatic heterocycles. The second-order valence-corrected chi connectivity index (χ2v) is 4.72. The normalized spacial score (nSPS) is 10.3. The minimum absolute atomic E-state index is 0.247. The molecule has 1 heterocycles. The first kappa shape index (κ1) is 12.5. The van der Waals surface area contributed by atoms with E-state index in [9.17, 15) is 13.6 Å². The first-order valence-corrected chi connectivity index (χ1v) is 5.89. The fourth-order valence-corrected chi connectivity index (χ4v) is 2.17. The number of halogens is 2. The molecule has 1 aromatic carbocycles. The van der Waals surface area contributed by atoms with E-state index in [-0.39, 0.29) is 4.88 Å². The number of aromatic carboxylic acids is 1. The molecule has 0 fully saturated rings. The molecule has 0 saturated carbocycles. The van der Waals surface area contributed by atoms with Gasteiger partial charge in [0.1, 0.15) is 4.88 Å². The number of carboxylic acid groups (broad SMARTS) is 1. The Labute approximate surface area is 106 Å².